The van der Waals surface area contributed by atoms with E-state index in [0.29, 0.717) is 17.8 Å². The van der Waals surface area contributed by atoms with Gasteiger partial charge >= 0.3 is 0 Å². The fourth-order valence-electron chi connectivity index (χ4n) is 5.39. The van der Waals surface area contributed by atoms with Gasteiger partial charge in [-0.2, -0.15) is 0 Å². The number of hydrogen-bond acceptors (Lipinski definition) is 0. The van der Waals surface area contributed by atoms with Crippen molar-refractivity contribution in [3.8, 4) is 11.1 Å². The molecule has 0 nitrogen and oxygen atoms in total. The molecule has 28 heavy (non-hydrogen) atoms. The second-order valence-electron chi connectivity index (χ2n) is 8.26. The van der Waals surface area contributed by atoms with Gasteiger partial charge in [0.2, 0.25) is 0 Å². The van der Waals surface area contributed by atoms with Crippen LogP contribution in [0.1, 0.15) is 34.4 Å². The zero-order valence-corrected chi connectivity index (χ0v) is 16.3. The van der Waals surface area contributed by atoms with Crippen LogP contribution in [0, 0.1) is 0 Å². The van der Waals surface area contributed by atoms with Gasteiger partial charge in [-0.15, -0.1) is 0 Å². The molecule has 17 rings (SSSR count). The summed E-state index contributed by atoms with van der Waals surface area (Å²) in [6.45, 7) is 0. The molecule has 1 heteroatoms. The molecular weight excluding hydrogens is 355 g/mol. The number of benzene rings is 4. The van der Waals surface area contributed by atoms with Crippen molar-refractivity contribution in [2.75, 3.05) is 0 Å². The van der Waals surface area contributed by atoms with Gasteiger partial charge in [-0.05, 0) is 69.4 Å². The van der Waals surface area contributed by atoms with E-state index in [1.54, 1.807) is 0 Å². The highest BCUT2D eigenvalue weighted by molar-refractivity contribution is 7.79. The van der Waals surface area contributed by atoms with Gasteiger partial charge in [-0.25, -0.2) is 0 Å². The molecule has 12 heterocycles. The summed E-state index contributed by atoms with van der Waals surface area (Å²) in [5.74, 6) is 1.76. The van der Waals surface area contributed by atoms with Crippen molar-refractivity contribution in [3.63, 3.8) is 0 Å². The molecule has 4 aromatic carbocycles. The van der Waals surface area contributed by atoms with Crippen molar-refractivity contribution in [1.82, 2.24) is 0 Å². The Kier molecular flexibility index (Phi) is 2.96. The molecule has 0 N–H and O–H groups in total. The summed E-state index contributed by atoms with van der Waals surface area (Å²) in [7, 11) is -0.518. The summed E-state index contributed by atoms with van der Waals surface area (Å²) < 4.78 is 0. The molecule has 1 saturated carbocycles. The van der Waals surface area contributed by atoms with Crippen LogP contribution in [0.4, 0.5) is 0 Å². The minimum atomic E-state index is -0.518. The van der Waals surface area contributed by atoms with Crippen LogP contribution in [0.3, 0.4) is 0 Å². The average Bonchev–Trinajstić information content (AvgIpc) is 3.51. The highest BCUT2D eigenvalue weighted by Gasteiger charge is 2.52. The van der Waals surface area contributed by atoms with E-state index in [4.69, 9.17) is 0 Å². The van der Waals surface area contributed by atoms with E-state index in [-0.39, 0.29) is 0 Å². The summed E-state index contributed by atoms with van der Waals surface area (Å²) in [4.78, 5) is 0. The van der Waals surface area contributed by atoms with Gasteiger partial charge in [0, 0.05) is 0 Å². The number of hydrogen-bond donors (Lipinski definition) is 0. The molecule has 0 saturated heterocycles. The Morgan fingerprint density at radius 2 is 0.643 bits per heavy atom. The first kappa shape index (κ1) is 15.3. The Balaban J connectivity index is 1.60. The molecule has 0 spiro atoms. The Morgan fingerprint density at radius 1 is 0.357 bits per heavy atom. The van der Waals surface area contributed by atoms with Crippen LogP contribution >= 0.6 is 7.92 Å². The predicted octanol–water partition coefficient (Wildman–Crippen LogP) is 5.40. The standard InChI is InChI=1S/C27H19P/c1-3-19-4-2-17(1)18-5-11-22(12-6-18)28-23-13-7-20(8-14-23)26-25(19)27(26)21-9-15-24(28)16-10-21/h1-16,25-27H/t25-,26+,27?,28?/m0/s1. The topological polar surface area (TPSA) is 0 Å². The lowest BCUT2D eigenvalue weighted by atomic mass is 10.00. The fraction of sp³-hybridized carbons (Fsp3) is 0.111. The molecule has 1 aliphatic carbocycles. The van der Waals surface area contributed by atoms with Gasteiger partial charge in [0.15, 0.2) is 0 Å². The molecule has 2 unspecified atom stereocenters. The van der Waals surface area contributed by atoms with E-state index in [1.165, 1.54) is 43.7 Å². The van der Waals surface area contributed by atoms with Gasteiger partial charge in [-0.1, -0.05) is 97.1 Å². The van der Waals surface area contributed by atoms with Crippen LogP contribution in [0.2, 0.25) is 0 Å². The first-order valence-corrected chi connectivity index (χ1v) is 11.4. The molecule has 0 radical (unpaired) electrons. The normalized spacial score (nSPS) is 25.1. The summed E-state index contributed by atoms with van der Waals surface area (Å²) >= 11 is 0. The van der Waals surface area contributed by atoms with Crippen molar-refractivity contribution in [3.05, 3.63) is 114 Å². The van der Waals surface area contributed by atoms with E-state index in [0.717, 1.165) is 0 Å². The van der Waals surface area contributed by atoms with Crippen LogP contribution in [0.25, 0.3) is 11.1 Å². The van der Waals surface area contributed by atoms with E-state index >= 15 is 0 Å². The molecule has 12 aliphatic heterocycles. The highest BCUT2D eigenvalue weighted by atomic mass is 31.1. The zero-order valence-electron chi connectivity index (χ0n) is 15.4. The highest BCUT2D eigenvalue weighted by Crippen LogP contribution is 2.66. The number of rotatable bonds is 0. The monoisotopic (exact) mass is 374 g/mol. The van der Waals surface area contributed by atoms with Gasteiger partial charge in [-0.3, -0.25) is 0 Å². The van der Waals surface area contributed by atoms with Gasteiger partial charge < -0.3 is 0 Å². The third-order valence-corrected chi connectivity index (χ3v) is 9.29. The minimum absolute atomic E-state index is 0.518. The fourth-order valence-corrected chi connectivity index (χ4v) is 7.63. The molecule has 0 amide bonds. The zero-order chi connectivity index (χ0) is 18.2. The third-order valence-electron chi connectivity index (χ3n) is 6.85. The van der Waals surface area contributed by atoms with Gasteiger partial charge in [0.25, 0.3) is 0 Å². The predicted molar refractivity (Wildman–Crippen MR) is 119 cm³/mol. The Morgan fingerprint density at radius 3 is 1.04 bits per heavy atom. The lowest BCUT2D eigenvalue weighted by Crippen LogP contribution is -2.20. The van der Waals surface area contributed by atoms with E-state index in [9.17, 15) is 0 Å². The molecule has 12 bridgehead atoms. The van der Waals surface area contributed by atoms with E-state index < -0.39 is 7.92 Å². The van der Waals surface area contributed by atoms with Crippen LogP contribution in [0.15, 0.2) is 97.1 Å². The first-order valence-electron chi connectivity index (χ1n) is 10.1. The smallest absolute Gasteiger partial charge is 0.00120 e. The first-order chi connectivity index (χ1) is 13.9. The van der Waals surface area contributed by atoms with Crippen molar-refractivity contribution >= 4 is 23.8 Å². The lowest BCUT2D eigenvalue weighted by molar-refractivity contribution is 1.03. The summed E-state index contributed by atoms with van der Waals surface area (Å²) in [5.41, 5.74) is 7.08. The SMILES string of the molecule is c1cc2ccc1-c1ccc(cc1)P1c3ccc(cc3)C3[C@@H]2[C@H]3c2ccc1cc2. The molecule has 4 atom stereocenters. The van der Waals surface area contributed by atoms with Crippen LogP contribution in [0.5, 0.6) is 0 Å². The molecule has 4 aromatic rings. The molecular formula is C27H19P. The minimum Gasteiger partial charge on any atom is -0.0581 e. The maximum atomic E-state index is 2.40. The summed E-state index contributed by atoms with van der Waals surface area (Å²) in [6, 6.07) is 37.8. The Labute approximate surface area is 166 Å². The van der Waals surface area contributed by atoms with Crippen molar-refractivity contribution in [2.45, 2.75) is 17.8 Å². The largest absolute Gasteiger partial charge is 0.0581 e. The van der Waals surface area contributed by atoms with Gasteiger partial charge in [0.05, 0.1) is 0 Å². The van der Waals surface area contributed by atoms with E-state index in [2.05, 4.69) is 97.1 Å². The van der Waals surface area contributed by atoms with Crippen molar-refractivity contribution in [2.24, 2.45) is 0 Å². The second kappa shape index (κ2) is 5.43. The summed E-state index contributed by atoms with van der Waals surface area (Å²) in [5, 5.41) is 4.32. The quantitative estimate of drug-likeness (QED) is 0.361. The third kappa shape index (κ3) is 2.05. The maximum absolute atomic E-state index is 2.40. The van der Waals surface area contributed by atoms with Crippen molar-refractivity contribution < 1.29 is 0 Å². The van der Waals surface area contributed by atoms with Crippen LogP contribution in [-0.4, -0.2) is 0 Å². The lowest BCUT2D eigenvalue weighted by Gasteiger charge is -2.20. The van der Waals surface area contributed by atoms with E-state index in [1.807, 2.05) is 0 Å². The summed E-state index contributed by atoms with van der Waals surface area (Å²) in [6.07, 6.45) is 0. The molecule has 1 fully saturated rings. The molecule has 0 aromatic heterocycles. The maximum Gasteiger partial charge on any atom is -0.00120 e. The molecule has 13 aliphatic rings. The Bertz CT molecular complexity index is 1130. The Hall–Kier alpha value is -2.69. The van der Waals surface area contributed by atoms with Crippen molar-refractivity contribution in [1.29, 1.82) is 0 Å². The molecule has 132 valence electrons. The average molecular weight is 374 g/mol. The second-order valence-corrected chi connectivity index (χ2v) is 10.5. The van der Waals surface area contributed by atoms with Crippen LogP contribution in [-0.2, 0) is 0 Å². The van der Waals surface area contributed by atoms with Crippen LogP contribution < -0.4 is 15.9 Å². The van der Waals surface area contributed by atoms with Gasteiger partial charge in [0.1, 0.15) is 0 Å².